The van der Waals surface area contributed by atoms with Gasteiger partial charge in [-0.3, -0.25) is 4.79 Å². The van der Waals surface area contributed by atoms with Crippen molar-refractivity contribution in [2.45, 2.75) is 19.8 Å². The molecule has 4 nitrogen and oxygen atoms in total. The van der Waals surface area contributed by atoms with Crippen molar-refractivity contribution >= 4 is 27.5 Å². The minimum absolute atomic E-state index is 0.228. The van der Waals surface area contributed by atoms with E-state index in [2.05, 4.69) is 27.3 Å². The van der Waals surface area contributed by atoms with Crippen molar-refractivity contribution in [1.82, 2.24) is 0 Å². The molecule has 1 aromatic rings. The SMILES string of the molecule is COc1cc(Br)cc(NC(=O)C2(C#N)CC(C)C2)c1. The third-order valence-electron chi connectivity index (χ3n) is 3.41. The van der Waals surface area contributed by atoms with Crippen LogP contribution < -0.4 is 10.1 Å². The molecular weight excluding hydrogens is 308 g/mol. The lowest BCUT2D eigenvalue weighted by molar-refractivity contribution is -0.128. The lowest BCUT2D eigenvalue weighted by Gasteiger charge is -2.39. The maximum absolute atomic E-state index is 12.2. The van der Waals surface area contributed by atoms with E-state index in [0.717, 1.165) is 4.47 Å². The Balaban J connectivity index is 2.15. The Bertz CT molecular complexity index is 545. The lowest BCUT2D eigenvalue weighted by Crippen LogP contribution is -2.45. The van der Waals surface area contributed by atoms with Crippen molar-refractivity contribution in [3.63, 3.8) is 0 Å². The number of amides is 1. The van der Waals surface area contributed by atoms with Crippen molar-refractivity contribution < 1.29 is 9.53 Å². The van der Waals surface area contributed by atoms with Crippen LogP contribution in [0.2, 0.25) is 0 Å². The summed E-state index contributed by atoms with van der Waals surface area (Å²) < 4.78 is 5.96. The number of carbonyl (C=O) groups is 1. The van der Waals surface area contributed by atoms with E-state index in [9.17, 15) is 10.1 Å². The molecule has 0 unspecified atom stereocenters. The highest BCUT2D eigenvalue weighted by molar-refractivity contribution is 9.10. The van der Waals surface area contributed by atoms with Crippen LogP contribution in [0.3, 0.4) is 0 Å². The largest absolute Gasteiger partial charge is 0.497 e. The van der Waals surface area contributed by atoms with Gasteiger partial charge in [-0.1, -0.05) is 22.9 Å². The Kier molecular flexibility index (Phi) is 3.81. The average Bonchev–Trinajstić information content (AvgIpc) is 2.33. The summed E-state index contributed by atoms with van der Waals surface area (Å²) in [5.74, 6) is 0.855. The smallest absolute Gasteiger partial charge is 0.244 e. The molecule has 2 rings (SSSR count). The van der Waals surface area contributed by atoms with Gasteiger partial charge in [-0.2, -0.15) is 5.26 Å². The van der Waals surface area contributed by atoms with Gasteiger partial charge in [-0.15, -0.1) is 0 Å². The highest BCUT2D eigenvalue weighted by atomic mass is 79.9. The topological polar surface area (TPSA) is 62.1 Å². The Morgan fingerprint density at radius 1 is 1.53 bits per heavy atom. The number of anilines is 1. The van der Waals surface area contributed by atoms with E-state index in [-0.39, 0.29) is 5.91 Å². The summed E-state index contributed by atoms with van der Waals surface area (Å²) in [6.07, 6.45) is 1.25. The zero-order valence-corrected chi connectivity index (χ0v) is 12.5. The minimum atomic E-state index is -0.866. The van der Waals surface area contributed by atoms with Crippen LogP contribution in [0.5, 0.6) is 5.75 Å². The summed E-state index contributed by atoms with van der Waals surface area (Å²) in [5.41, 5.74) is -0.236. The van der Waals surface area contributed by atoms with Crippen LogP contribution in [-0.4, -0.2) is 13.0 Å². The Labute approximate surface area is 120 Å². The maximum atomic E-state index is 12.2. The van der Waals surface area contributed by atoms with Crippen LogP contribution >= 0.6 is 15.9 Å². The van der Waals surface area contributed by atoms with Gasteiger partial charge in [0.1, 0.15) is 11.2 Å². The van der Waals surface area contributed by atoms with Crippen LogP contribution in [0.1, 0.15) is 19.8 Å². The molecule has 0 radical (unpaired) electrons. The first kappa shape index (κ1) is 13.9. The summed E-state index contributed by atoms with van der Waals surface area (Å²) >= 11 is 3.36. The van der Waals surface area contributed by atoms with E-state index < -0.39 is 5.41 Å². The molecule has 0 spiro atoms. The highest BCUT2D eigenvalue weighted by Crippen LogP contribution is 2.45. The summed E-state index contributed by atoms with van der Waals surface area (Å²) in [7, 11) is 1.57. The van der Waals surface area contributed by atoms with Gasteiger partial charge >= 0.3 is 0 Å². The number of carbonyl (C=O) groups excluding carboxylic acids is 1. The number of rotatable bonds is 3. The van der Waals surface area contributed by atoms with Gasteiger partial charge in [0.2, 0.25) is 5.91 Å². The van der Waals surface area contributed by atoms with Crippen molar-refractivity contribution in [3.05, 3.63) is 22.7 Å². The molecule has 0 aliphatic heterocycles. The molecule has 0 heterocycles. The van der Waals surface area contributed by atoms with Crippen molar-refractivity contribution in [1.29, 1.82) is 5.26 Å². The fraction of sp³-hybridized carbons (Fsp3) is 0.429. The second kappa shape index (κ2) is 5.22. The van der Waals surface area contributed by atoms with Crippen LogP contribution in [0, 0.1) is 22.7 Å². The predicted octanol–water partition coefficient (Wildman–Crippen LogP) is 3.34. The second-order valence-electron chi connectivity index (χ2n) is 5.04. The molecule has 1 aliphatic rings. The van der Waals surface area contributed by atoms with E-state index in [1.54, 1.807) is 25.3 Å². The molecule has 5 heteroatoms. The fourth-order valence-corrected chi connectivity index (χ4v) is 2.93. The van der Waals surface area contributed by atoms with E-state index in [1.807, 2.05) is 6.92 Å². The van der Waals surface area contributed by atoms with Gasteiger partial charge < -0.3 is 10.1 Å². The van der Waals surface area contributed by atoms with E-state index in [0.29, 0.717) is 30.2 Å². The minimum Gasteiger partial charge on any atom is -0.497 e. The van der Waals surface area contributed by atoms with Crippen molar-refractivity contribution in [2.75, 3.05) is 12.4 Å². The standard InChI is InChI=1S/C14H15BrN2O2/c1-9-6-14(7-9,8-16)13(18)17-11-3-10(15)4-12(5-11)19-2/h3-5,9H,6-7H2,1-2H3,(H,17,18). The first-order valence-corrected chi connectivity index (χ1v) is 6.86. The monoisotopic (exact) mass is 322 g/mol. The zero-order valence-electron chi connectivity index (χ0n) is 10.9. The van der Waals surface area contributed by atoms with E-state index in [4.69, 9.17) is 4.74 Å². The number of nitriles is 1. The average molecular weight is 323 g/mol. The predicted molar refractivity (Wildman–Crippen MR) is 75.8 cm³/mol. The number of hydrogen-bond acceptors (Lipinski definition) is 3. The number of methoxy groups -OCH3 is 1. The van der Waals surface area contributed by atoms with Crippen LogP contribution in [-0.2, 0) is 4.79 Å². The third-order valence-corrected chi connectivity index (χ3v) is 3.87. The summed E-state index contributed by atoms with van der Waals surface area (Å²) in [4.78, 5) is 12.2. The fourth-order valence-electron chi connectivity index (χ4n) is 2.46. The van der Waals surface area contributed by atoms with Crippen LogP contribution in [0.4, 0.5) is 5.69 Å². The lowest BCUT2D eigenvalue weighted by atomic mass is 9.63. The molecule has 0 aromatic heterocycles. The Hall–Kier alpha value is -1.54. The first-order chi connectivity index (χ1) is 8.99. The second-order valence-corrected chi connectivity index (χ2v) is 5.96. The summed E-state index contributed by atoms with van der Waals surface area (Å²) in [6, 6.07) is 7.48. The van der Waals surface area contributed by atoms with Gasteiger partial charge in [0, 0.05) is 16.2 Å². The number of hydrogen-bond donors (Lipinski definition) is 1. The third kappa shape index (κ3) is 2.74. The maximum Gasteiger partial charge on any atom is 0.244 e. The molecule has 19 heavy (non-hydrogen) atoms. The number of nitrogens with one attached hydrogen (secondary N) is 1. The molecular formula is C14H15BrN2O2. The molecule has 1 N–H and O–H groups in total. The molecule has 0 bridgehead atoms. The number of halogens is 1. The number of benzene rings is 1. The molecule has 100 valence electrons. The number of nitrogens with zero attached hydrogens (tertiary/aromatic N) is 1. The normalized spacial score (nSPS) is 25.1. The molecule has 1 aliphatic carbocycles. The molecule has 0 atom stereocenters. The van der Waals surface area contributed by atoms with Gasteiger partial charge in [0.25, 0.3) is 0 Å². The molecule has 0 saturated heterocycles. The van der Waals surface area contributed by atoms with Gasteiger partial charge in [0.15, 0.2) is 0 Å². The van der Waals surface area contributed by atoms with Gasteiger partial charge in [-0.05, 0) is 30.9 Å². The molecule has 1 saturated carbocycles. The zero-order chi connectivity index (χ0) is 14.0. The summed E-state index contributed by atoms with van der Waals surface area (Å²) in [5, 5.41) is 12.0. The van der Waals surface area contributed by atoms with Crippen LogP contribution in [0.15, 0.2) is 22.7 Å². The Morgan fingerprint density at radius 2 is 2.21 bits per heavy atom. The quantitative estimate of drug-likeness (QED) is 0.928. The summed E-state index contributed by atoms with van der Waals surface area (Å²) in [6.45, 7) is 2.05. The van der Waals surface area contributed by atoms with E-state index >= 15 is 0 Å². The Morgan fingerprint density at radius 3 is 2.74 bits per heavy atom. The van der Waals surface area contributed by atoms with Gasteiger partial charge in [-0.25, -0.2) is 0 Å². The molecule has 1 amide bonds. The van der Waals surface area contributed by atoms with Crippen molar-refractivity contribution in [2.24, 2.45) is 11.3 Å². The van der Waals surface area contributed by atoms with E-state index in [1.165, 1.54) is 0 Å². The van der Waals surface area contributed by atoms with Crippen molar-refractivity contribution in [3.8, 4) is 11.8 Å². The first-order valence-electron chi connectivity index (χ1n) is 6.06. The molecule has 1 fully saturated rings. The number of ether oxygens (including phenoxy) is 1. The van der Waals surface area contributed by atoms with Gasteiger partial charge in [0.05, 0.1) is 13.2 Å². The van der Waals surface area contributed by atoms with Crippen LogP contribution in [0.25, 0.3) is 0 Å². The molecule has 1 aromatic carbocycles. The highest BCUT2D eigenvalue weighted by Gasteiger charge is 2.48.